The standard InChI is InChI=1S/C3H2F4O.C3H4F4.FH/c4-1-8-3(7)2(5)6;1-2(4)3(5,6)7;/h1H2;2H,1H3;1H. The molecule has 0 aromatic heterocycles. The zero-order valence-corrected chi connectivity index (χ0v) is 7.62. The Morgan fingerprint density at radius 2 is 1.50 bits per heavy atom. The van der Waals surface area contributed by atoms with Crippen molar-refractivity contribution < 1.29 is 44.6 Å². The molecule has 0 amide bonds. The number of rotatable bonds is 2. The first kappa shape index (κ1) is 20.3. The maximum absolute atomic E-state index is 11.2. The summed E-state index contributed by atoms with van der Waals surface area (Å²) in [5, 5.41) is 0. The van der Waals surface area contributed by atoms with E-state index in [2.05, 4.69) is 4.74 Å². The van der Waals surface area contributed by atoms with Crippen molar-refractivity contribution in [3.05, 3.63) is 12.1 Å². The van der Waals surface area contributed by atoms with Crippen molar-refractivity contribution in [1.29, 1.82) is 0 Å². The Bertz CT molecular complexity index is 193. The molecule has 0 N–H and O–H groups in total. The summed E-state index contributed by atoms with van der Waals surface area (Å²) in [6.07, 6.45) is -10.0. The summed E-state index contributed by atoms with van der Waals surface area (Å²) in [5.74, 6) is 0. The molecule has 0 aromatic rings. The molecular formula is C6H7F9O. The lowest BCUT2D eigenvalue weighted by atomic mass is 10.4. The Morgan fingerprint density at radius 3 is 1.56 bits per heavy atom. The molecule has 0 bridgehead atoms. The van der Waals surface area contributed by atoms with Gasteiger partial charge in [-0.05, 0) is 6.92 Å². The van der Waals surface area contributed by atoms with Crippen molar-refractivity contribution in [2.75, 3.05) is 6.86 Å². The molecule has 16 heavy (non-hydrogen) atoms. The molecule has 0 aromatic carbocycles. The number of hydrogen-bond acceptors (Lipinski definition) is 1. The Kier molecular flexibility index (Phi) is 11.6. The van der Waals surface area contributed by atoms with Gasteiger partial charge in [-0.15, -0.1) is 0 Å². The molecule has 0 spiro atoms. The molecule has 0 fully saturated rings. The lowest BCUT2D eigenvalue weighted by Crippen LogP contribution is -2.20. The molecule has 0 aliphatic heterocycles. The second-order valence-corrected chi connectivity index (χ2v) is 1.95. The lowest BCUT2D eigenvalue weighted by Gasteiger charge is -2.04. The van der Waals surface area contributed by atoms with E-state index in [1.807, 2.05) is 0 Å². The van der Waals surface area contributed by atoms with E-state index in [1.165, 1.54) is 0 Å². The fourth-order valence-electron chi connectivity index (χ4n) is 0.102. The minimum Gasteiger partial charge on any atom is -0.435 e. The van der Waals surface area contributed by atoms with E-state index in [-0.39, 0.29) is 4.70 Å². The van der Waals surface area contributed by atoms with Crippen LogP contribution in [0.3, 0.4) is 0 Å². The summed E-state index contributed by atoms with van der Waals surface area (Å²) < 4.78 is 90.2. The summed E-state index contributed by atoms with van der Waals surface area (Å²) in [6.45, 7) is -1.12. The molecule has 0 aliphatic carbocycles. The van der Waals surface area contributed by atoms with Gasteiger partial charge in [-0.3, -0.25) is 4.70 Å². The molecule has 1 atom stereocenters. The average molecular weight is 266 g/mol. The van der Waals surface area contributed by atoms with E-state index in [9.17, 15) is 35.1 Å². The van der Waals surface area contributed by atoms with Crippen LogP contribution in [0.15, 0.2) is 12.1 Å². The predicted molar refractivity (Wildman–Crippen MR) is 36.5 cm³/mol. The molecule has 0 aliphatic rings. The van der Waals surface area contributed by atoms with Crippen LogP contribution in [0.2, 0.25) is 0 Å². The van der Waals surface area contributed by atoms with E-state index >= 15 is 0 Å². The van der Waals surface area contributed by atoms with Crippen molar-refractivity contribution in [2.24, 2.45) is 0 Å². The molecule has 100 valence electrons. The summed E-state index contributed by atoms with van der Waals surface area (Å²) in [4.78, 5) is 0. The van der Waals surface area contributed by atoms with Gasteiger partial charge in [-0.1, -0.05) is 0 Å². The molecule has 1 unspecified atom stereocenters. The van der Waals surface area contributed by atoms with Crippen LogP contribution in [0.5, 0.6) is 0 Å². The maximum Gasteiger partial charge on any atom is 0.419 e. The molecule has 0 rings (SSSR count). The third-order valence-electron chi connectivity index (χ3n) is 0.781. The highest BCUT2D eigenvalue weighted by Crippen LogP contribution is 2.21. The van der Waals surface area contributed by atoms with Gasteiger partial charge in [0.05, 0.1) is 0 Å². The first-order valence-electron chi connectivity index (χ1n) is 3.23. The van der Waals surface area contributed by atoms with Gasteiger partial charge >= 0.3 is 18.3 Å². The Labute approximate surface area is 84.0 Å². The molecular weight excluding hydrogens is 259 g/mol. The average Bonchev–Trinajstić information content (AvgIpc) is 2.03. The van der Waals surface area contributed by atoms with E-state index in [0.29, 0.717) is 6.92 Å². The van der Waals surface area contributed by atoms with Crippen LogP contribution in [0.4, 0.5) is 39.8 Å². The Hall–Kier alpha value is -1.09. The zero-order valence-electron chi connectivity index (χ0n) is 7.62. The lowest BCUT2D eigenvalue weighted by molar-refractivity contribution is -0.174. The van der Waals surface area contributed by atoms with Crippen molar-refractivity contribution >= 4 is 0 Å². The van der Waals surface area contributed by atoms with Crippen LogP contribution < -0.4 is 0 Å². The largest absolute Gasteiger partial charge is 0.435 e. The number of halogens is 9. The quantitative estimate of drug-likeness (QED) is 0.541. The van der Waals surface area contributed by atoms with Crippen LogP contribution in [0, 0.1) is 0 Å². The van der Waals surface area contributed by atoms with Gasteiger partial charge in [0.1, 0.15) is 0 Å². The predicted octanol–water partition coefficient (Wildman–Crippen LogP) is 4.02. The van der Waals surface area contributed by atoms with Gasteiger partial charge < -0.3 is 4.74 Å². The van der Waals surface area contributed by atoms with E-state index in [0.717, 1.165) is 0 Å². The van der Waals surface area contributed by atoms with Gasteiger partial charge in [0.15, 0.2) is 6.17 Å². The summed E-state index contributed by atoms with van der Waals surface area (Å²) in [6, 6.07) is -2.16. The molecule has 0 saturated heterocycles. The van der Waals surface area contributed by atoms with Gasteiger partial charge in [0, 0.05) is 0 Å². The van der Waals surface area contributed by atoms with Crippen LogP contribution in [-0.4, -0.2) is 19.2 Å². The maximum atomic E-state index is 11.2. The smallest absolute Gasteiger partial charge is 0.419 e. The second kappa shape index (κ2) is 9.16. The highest BCUT2D eigenvalue weighted by molar-refractivity contribution is 4.79. The van der Waals surface area contributed by atoms with Gasteiger partial charge in [0.25, 0.3) is 0 Å². The van der Waals surface area contributed by atoms with E-state index in [4.69, 9.17) is 0 Å². The first-order valence-corrected chi connectivity index (χ1v) is 3.23. The fourth-order valence-corrected chi connectivity index (χ4v) is 0.102. The molecule has 0 saturated carbocycles. The minimum absolute atomic E-state index is 0. The van der Waals surface area contributed by atoms with E-state index in [1.54, 1.807) is 0 Å². The number of alkyl halides is 5. The van der Waals surface area contributed by atoms with Gasteiger partial charge in [-0.2, -0.15) is 26.3 Å². The third-order valence-corrected chi connectivity index (χ3v) is 0.781. The third kappa shape index (κ3) is 12.9. The van der Waals surface area contributed by atoms with E-state index < -0.39 is 31.3 Å². The zero-order chi connectivity index (χ0) is 12.6. The van der Waals surface area contributed by atoms with Crippen molar-refractivity contribution in [3.63, 3.8) is 0 Å². The highest BCUT2D eigenvalue weighted by atomic mass is 19.4. The van der Waals surface area contributed by atoms with Crippen molar-refractivity contribution in [2.45, 2.75) is 19.3 Å². The van der Waals surface area contributed by atoms with Crippen LogP contribution in [-0.2, 0) is 4.74 Å². The van der Waals surface area contributed by atoms with Crippen molar-refractivity contribution in [1.82, 2.24) is 0 Å². The number of hydrogen-bond donors (Lipinski definition) is 0. The monoisotopic (exact) mass is 266 g/mol. The summed E-state index contributed by atoms with van der Waals surface area (Å²) in [7, 11) is 0. The highest BCUT2D eigenvalue weighted by Gasteiger charge is 2.35. The Balaban J connectivity index is -0.000000200. The normalized spacial score (nSPS) is 11.6. The van der Waals surface area contributed by atoms with Crippen LogP contribution >= 0.6 is 0 Å². The summed E-state index contributed by atoms with van der Waals surface area (Å²) in [5.41, 5.74) is 0. The molecule has 0 heterocycles. The fraction of sp³-hybridized carbons (Fsp3) is 0.667. The SMILES string of the molecule is CC(F)C(F)(F)F.F.FCOC(F)=C(F)F. The molecule has 0 radical (unpaired) electrons. The number of ether oxygens (including phenoxy) is 1. The van der Waals surface area contributed by atoms with Gasteiger partial charge in [-0.25, -0.2) is 8.78 Å². The van der Waals surface area contributed by atoms with Crippen molar-refractivity contribution in [3.8, 4) is 0 Å². The van der Waals surface area contributed by atoms with Crippen LogP contribution in [0.1, 0.15) is 6.92 Å². The molecule has 10 heteroatoms. The second-order valence-electron chi connectivity index (χ2n) is 1.95. The summed E-state index contributed by atoms with van der Waals surface area (Å²) >= 11 is 0. The molecule has 1 nitrogen and oxygen atoms in total. The minimum atomic E-state index is -4.67. The first-order chi connectivity index (χ1) is 6.62. The Morgan fingerprint density at radius 1 is 1.19 bits per heavy atom. The van der Waals surface area contributed by atoms with Gasteiger partial charge in [0.2, 0.25) is 6.86 Å². The van der Waals surface area contributed by atoms with Crippen LogP contribution in [0.25, 0.3) is 0 Å². The topological polar surface area (TPSA) is 9.23 Å².